The van der Waals surface area contributed by atoms with Crippen LogP contribution in [0.25, 0.3) is 0 Å². The molecule has 2 nitrogen and oxygen atoms in total. The van der Waals surface area contributed by atoms with Crippen LogP contribution >= 0.6 is 12.2 Å². The molecule has 0 aliphatic rings. The fourth-order valence-corrected chi connectivity index (χ4v) is 1.61. The van der Waals surface area contributed by atoms with E-state index in [-0.39, 0.29) is 16.1 Å². The first-order valence-electron chi connectivity index (χ1n) is 5.30. The van der Waals surface area contributed by atoms with Crippen molar-refractivity contribution in [2.75, 3.05) is 5.32 Å². The van der Waals surface area contributed by atoms with Crippen LogP contribution in [0.5, 0.6) is 0 Å². The molecule has 18 heavy (non-hydrogen) atoms. The highest BCUT2D eigenvalue weighted by Gasteiger charge is 2.31. The normalized spacial score (nSPS) is 12.3. The highest BCUT2D eigenvalue weighted by molar-refractivity contribution is 7.80. The van der Waals surface area contributed by atoms with E-state index in [2.05, 4.69) is 5.32 Å². The summed E-state index contributed by atoms with van der Waals surface area (Å²) in [5.41, 5.74) is 5.12. The van der Waals surface area contributed by atoms with Gasteiger partial charge in [-0.1, -0.05) is 12.2 Å². The van der Waals surface area contributed by atoms with E-state index in [1.807, 2.05) is 20.8 Å². The second kappa shape index (κ2) is 4.76. The van der Waals surface area contributed by atoms with Crippen molar-refractivity contribution in [2.45, 2.75) is 32.5 Å². The highest BCUT2D eigenvalue weighted by Crippen LogP contribution is 2.32. The van der Waals surface area contributed by atoms with Crippen LogP contribution in [0, 0.1) is 0 Å². The summed E-state index contributed by atoms with van der Waals surface area (Å²) in [6.45, 7) is 5.69. The summed E-state index contributed by atoms with van der Waals surface area (Å²) in [7, 11) is 0. The van der Waals surface area contributed by atoms with Crippen LogP contribution in [0.1, 0.15) is 31.9 Å². The van der Waals surface area contributed by atoms with Crippen molar-refractivity contribution in [2.24, 2.45) is 5.73 Å². The van der Waals surface area contributed by atoms with Gasteiger partial charge in [-0.05, 0) is 39.0 Å². The zero-order valence-electron chi connectivity index (χ0n) is 10.4. The van der Waals surface area contributed by atoms with Gasteiger partial charge >= 0.3 is 6.18 Å². The molecule has 6 heteroatoms. The van der Waals surface area contributed by atoms with Gasteiger partial charge in [0.15, 0.2) is 0 Å². The molecule has 0 unspecified atom stereocenters. The number of hydrogen-bond acceptors (Lipinski definition) is 2. The molecule has 0 fully saturated rings. The van der Waals surface area contributed by atoms with Crippen molar-refractivity contribution in [1.29, 1.82) is 0 Å². The number of hydrogen-bond donors (Lipinski definition) is 2. The Hall–Kier alpha value is -1.30. The number of thiocarbonyl (C=S) groups is 1. The van der Waals surface area contributed by atoms with Gasteiger partial charge in [-0.3, -0.25) is 0 Å². The minimum Gasteiger partial charge on any atom is -0.389 e. The van der Waals surface area contributed by atoms with Crippen molar-refractivity contribution >= 4 is 22.9 Å². The van der Waals surface area contributed by atoms with Crippen molar-refractivity contribution in [3.05, 3.63) is 29.3 Å². The van der Waals surface area contributed by atoms with E-state index in [1.165, 1.54) is 6.07 Å². The predicted octanol–water partition coefficient (Wildman–Crippen LogP) is 3.55. The molecule has 0 aliphatic carbocycles. The van der Waals surface area contributed by atoms with Gasteiger partial charge in [0.05, 0.1) is 5.56 Å². The number of nitrogens with one attached hydrogen (secondary N) is 1. The van der Waals surface area contributed by atoms with E-state index in [0.29, 0.717) is 5.69 Å². The predicted molar refractivity (Wildman–Crippen MR) is 70.7 cm³/mol. The first-order chi connectivity index (χ1) is 8.00. The molecule has 0 bridgehead atoms. The molecule has 0 amide bonds. The molecule has 0 aliphatic heterocycles. The summed E-state index contributed by atoms with van der Waals surface area (Å²) in [4.78, 5) is -0.0622. The summed E-state index contributed by atoms with van der Waals surface area (Å²) >= 11 is 4.79. The molecule has 1 aromatic rings. The minimum absolute atomic E-state index is 0.0622. The van der Waals surface area contributed by atoms with E-state index in [9.17, 15) is 13.2 Å². The van der Waals surface area contributed by atoms with Crippen LogP contribution in [0.4, 0.5) is 18.9 Å². The molecule has 1 rings (SSSR count). The van der Waals surface area contributed by atoms with E-state index in [1.54, 1.807) is 0 Å². The maximum Gasteiger partial charge on any atom is 0.416 e. The molecule has 0 aromatic heterocycles. The van der Waals surface area contributed by atoms with Gasteiger partial charge in [0.25, 0.3) is 0 Å². The van der Waals surface area contributed by atoms with Crippen molar-refractivity contribution in [1.82, 2.24) is 0 Å². The molecule has 0 saturated carbocycles. The standard InChI is InChI=1S/C12H15F3N2S/c1-11(2,3)17-9-5-4-7(12(13,14)15)6-8(9)10(16)18/h4-6,17H,1-3H3,(H2,16,18). The Morgan fingerprint density at radius 2 is 1.78 bits per heavy atom. The lowest BCUT2D eigenvalue weighted by Crippen LogP contribution is -2.28. The smallest absolute Gasteiger partial charge is 0.389 e. The highest BCUT2D eigenvalue weighted by atomic mass is 32.1. The minimum atomic E-state index is -4.40. The fourth-order valence-electron chi connectivity index (χ4n) is 1.44. The Balaban J connectivity index is 3.26. The van der Waals surface area contributed by atoms with Crippen LogP contribution in [-0.2, 0) is 6.18 Å². The third-order valence-electron chi connectivity index (χ3n) is 2.12. The molecular formula is C12H15F3N2S. The first-order valence-corrected chi connectivity index (χ1v) is 5.71. The lowest BCUT2D eigenvalue weighted by Gasteiger charge is -2.24. The van der Waals surface area contributed by atoms with Crippen LogP contribution in [0.15, 0.2) is 18.2 Å². The third-order valence-corrected chi connectivity index (χ3v) is 2.34. The monoisotopic (exact) mass is 276 g/mol. The average Bonchev–Trinajstić information content (AvgIpc) is 2.13. The Bertz CT molecular complexity index is 461. The molecular weight excluding hydrogens is 261 g/mol. The Morgan fingerprint density at radius 3 is 2.17 bits per heavy atom. The van der Waals surface area contributed by atoms with Gasteiger partial charge in [-0.2, -0.15) is 13.2 Å². The third kappa shape index (κ3) is 3.87. The molecule has 0 atom stereocenters. The van der Waals surface area contributed by atoms with Gasteiger partial charge in [0.2, 0.25) is 0 Å². The maximum absolute atomic E-state index is 12.6. The quantitative estimate of drug-likeness (QED) is 0.811. The number of alkyl halides is 3. The topological polar surface area (TPSA) is 38.0 Å². The number of rotatable bonds is 2. The first kappa shape index (κ1) is 14.8. The molecule has 0 radical (unpaired) electrons. The largest absolute Gasteiger partial charge is 0.416 e. The van der Waals surface area contributed by atoms with E-state index in [4.69, 9.17) is 18.0 Å². The van der Waals surface area contributed by atoms with Gasteiger partial charge in [0, 0.05) is 16.8 Å². The molecule has 0 heterocycles. The summed E-state index contributed by atoms with van der Waals surface area (Å²) in [5, 5.41) is 3.07. The fraction of sp³-hybridized carbons (Fsp3) is 0.417. The number of nitrogens with two attached hydrogens (primary N) is 1. The SMILES string of the molecule is CC(C)(C)Nc1ccc(C(F)(F)F)cc1C(N)=S. The van der Waals surface area contributed by atoms with E-state index < -0.39 is 11.7 Å². The summed E-state index contributed by atoms with van der Waals surface area (Å²) in [6.07, 6.45) is -4.40. The molecule has 1 aromatic carbocycles. The van der Waals surface area contributed by atoms with Crippen LogP contribution in [0.3, 0.4) is 0 Å². The van der Waals surface area contributed by atoms with Crippen molar-refractivity contribution in [3.8, 4) is 0 Å². The van der Waals surface area contributed by atoms with Crippen LogP contribution < -0.4 is 11.1 Å². The Kier molecular flexibility index (Phi) is 3.90. The maximum atomic E-state index is 12.6. The lowest BCUT2D eigenvalue weighted by molar-refractivity contribution is -0.137. The van der Waals surface area contributed by atoms with E-state index >= 15 is 0 Å². The second-order valence-electron chi connectivity index (χ2n) is 5.00. The van der Waals surface area contributed by atoms with Gasteiger partial charge < -0.3 is 11.1 Å². The summed E-state index contributed by atoms with van der Waals surface area (Å²) < 4.78 is 37.8. The van der Waals surface area contributed by atoms with Crippen LogP contribution in [0.2, 0.25) is 0 Å². The molecule has 0 spiro atoms. The number of anilines is 1. The van der Waals surface area contributed by atoms with Crippen LogP contribution in [-0.4, -0.2) is 10.5 Å². The molecule has 100 valence electrons. The molecule has 3 N–H and O–H groups in total. The summed E-state index contributed by atoms with van der Waals surface area (Å²) in [5.74, 6) is 0. The van der Waals surface area contributed by atoms with E-state index in [0.717, 1.165) is 12.1 Å². The second-order valence-corrected chi connectivity index (χ2v) is 5.44. The summed E-state index contributed by atoms with van der Waals surface area (Å²) in [6, 6.07) is 3.33. The number of halogens is 3. The average molecular weight is 276 g/mol. The van der Waals surface area contributed by atoms with Gasteiger partial charge in [-0.15, -0.1) is 0 Å². The van der Waals surface area contributed by atoms with Gasteiger partial charge in [0.1, 0.15) is 4.99 Å². The lowest BCUT2D eigenvalue weighted by atomic mass is 10.0. The Morgan fingerprint density at radius 1 is 1.22 bits per heavy atom. The number of benzene rings is 1. The van der Waals surface area contributed by atoms with Gasteiger partial charge in [-0.25, -0.2) is 0 Å². The Labute approximate surface area is 109 Å². The zero-order valence-corrected chi connectivity index (χ0v) is 11.2. The van der Waals surface area contributed by atoms with Crippen molar-refractivity contribution in [3.63, 3.8) is 0 Å². The van der Waals surface area contributed by atoms with Crippen molar-refractivity contribution < 1.29 is 13.2 Å². The zero-order chi connectivity index (χ0) is 14.1. The molecule has 0 saturated heterocycles.